The summed E-state index contributed by atoms with van der Waals surface area (Å²) in [5, 5.41) is 0. The molecule has 3 aromatic rings. The molecule has 178 valence electrons. The van der Waals surface area contributed by atoms with Gasteiger partial charge in [0.2, 0.25) is 0 Å². The first-order valence-electron chi connectivity index (χ1n) is 11.3. The molecule has 1 heterocycles. The summed E-state index contributed by atoms with van der Waals surface area (Å²) in [5.41, 5.74) is 2.11. The maximum atomic E-state index is 12.3. The van der Waals surface area contributed by atoms with Crippen LogP contribution in [0.25, 0.3) is 0 Å². The van der Waals surface area contributed by atoms with Gasteiger partial charge in [-0.2, -0.15) is 0 Å². The molecule has 0 bridgehead atoms. The standard InChI is InChI=1S/C28H31BrN2O3/c1-5-16-31(26-14-11-23(19-30-26)27(32)34-28(2,3)4)17-15-22-18-24(29)12-13-25(22)33-20-21-9-7-6-8-10-21/h5-14,18-19H,1,15-17,20H2,2-4H3. The molecule has 1 aromatic heterocycles. The van der Waals surface area contributed by atoms with E-state index >= 15 is 0 Å². The molecule has 0 aliphatic heterocycles. The Balaban J connectivity index is 1.70. The van der Waals surface area contributed by atoms with E-state index in [9.17, 15) is 4.79 Å². The van der Waals surface area contributed by atoms with Crippen LogP contribution in [0, 0.1) is 0 Å². The molecular weight excluding hydrogens is 492 g/mol. The number of rotatable bonds is 10. The van der Waals surface area contributed by atoms with Gasteiger partial charge in [-0.1, -0.05) is 52.3 Å². The molecule has 0 fully saturated rings. The van der Waals surface area contributed by atoms with Crippen molar-refractivity contribution in [1.29, 1.82) is 0 Å². The van der Waals surface area contributed by atoms with Crippen molar-refractivity contribution >= 4 is 27.7 Å². The molecule has 0 unspecified atom stereocenters. The lowest BCUT2D eigenvalue weighted by atomic mass is 10.1. The Morgan fingerprint density at radius 3 is 2.53 bits per heavy atom. The maximum absolute atomic E-state index is 12.3. The average molecular weight is 523 g/mol. The Morgan fingerprint density at radius 1 is 1.12 bits per heavy atom. The Morgan fingerprint density at radius 2 is 1.88 bits per heavy atom. The molecule has 5 nitrogen and oxygen atoms in total. The quantitative estimate of drug-likeness (QED) is 0.221. The minimum atomic E-state index is -0.547. The molecule has 0 saturated carbocycles. The van der Waals surface area contributed by atoms with Crippen molar-refractivity contribution in [2.24, 2.45) is 0 Å². The van der Waals surface area contributed by atoms with Crippen LogP contribution in [0.1, 0.15) is 42.3 Å². The molecule has 0 aliphatic rings. The topological polar surface area (TPSA) is 51.7 Å². The van der Waals surface area contributed by atoms with E-state index in [4.69, 9.17) is 9.47 Å². The third kappa shape index (κ3) is 7.73. The van der Waals surface area contributed by atoms with Crippen molar-refractivity contribution in [2.45, 2.75) is 39.4 Å². The number of nitrogens with zero attached hydrogens (tertiary/aromatic N) is 2. The Hall–Kier alpha value is -3.12. The highest BCUT2D eigenvalue weighted by Crippen LogP contribution is 2.26. The smallest absolute Gasteiger partial charge is 0.340 e. The van der Waals surface area contributed by atoms with Crippen LogP contribution in [0.4, 0.5) is 5.82 Å². The zero-order chi connectivity index (χ0) is 24.6. The van der Waals surface area contributed by atoms with Gasteiger partial charge in [0.15, 0.2) is 0 Å². The van der Waals surface area contributed by atoms with E-state index in [0.29, 0.717) is 25.3 Å². The Kier molecular flexibility index (Phi) is 8.88. The monoisotopic (exact) mass is 522 g/mol. The highest BCUT2D eigenvalue weighted by molar-refractivity contribution is 9.10. The van der Waals surface area contributed by atoms with Crippen molar-refractivity contribution in [2.75, 3.05) is 18.0 Å². The molecule has 0 N–H and O–H groups in total. The summed E-state index contributed by atoms with van der Waals surface area (Å²) in [7, 11) is 0. The average Bonchev–Trinajstić information content (AvgIpc) is 2.81. The van der Waals surface area contributed by atoms with Crippen LogP contribution in [0.5, 0.6) is 5.75 Å². The second kappa shape index (κ2) is 11.8. The Bertz CT molecular complexity index is 1090. The van der Waals surface area contributed by atoms with Crippen LogP contribution in [-0.2, 0) is 17.8 Å². The lowest BCUT2D eigenvalue weighted by Crippen LogP contribution is -2.27. The molecule has 6 heteroatoms. The van der Waals surface area contributed by atoms with Crippen LogP contribution in [0.3, 0.4) is 0 Å². The third-order valence-corrected chi connectivity index (χ3v) is 5.46. The van der Waals surface area contributed by atoms with E-state index in [1.165, 1.54) is 0 Å². The fourth-order valence-electron chi connectivity index (χ4n) is 3.36. The highest BCUT2D eigenvalue weighted by atomic mass is 79.9. The molecule has 3 rings (SSSR count). The minimum absolute atomic E-state index is 0.379. The predicted molar refractivity (Wildman–Crippen MR) is 140 cm³/mol. The van der Waals surface area contributed by atoms with Gasteiger partial charge in [0.1, 0.15) is 23.8 Å². The second-order valence-corrected chi connectivity index (χ2v) is 9.83. The zero-order valence-corrected chi connectivity index (χ0v) is 21.5. The van der Waals surface area contributed by atoms with Gasteiger partial charge in [0.05, 0.1) is 5.56 Å². The normalized spacial score (nSPS) is 11.1. The summed E-state index contributed by atoms with van der Waals surface area (Å²) in [6.45, 7) is 11.3. The van der Waals surface area contributed by atoms with Gasteiger partial charge in [-0.25, -0.2) is 9.78 Å². The molecule has 0 spiro atoms. The van der Waals surface area contributed by atoms with E-state index < -0.39 is 5.60 Å². The summed E-state index contributed by atoms with van der Waals surface area (Å²) >= 11 is 3.58. The predicted octanol–water partition coefficient (Wildman–Crippen LogP) is 6.61. The number of benzene rings is 2. The van der Waals surface area contributed by atoms with E-state index in [1.807, 2.05) is 63.2 Å². The van der Waals surface area contributed by atoms with E-state index in [2.05, 4.69) is 50.6 Å². The largest absolute Gasteiger partial charge is 0.489 e. The Labute approximate surface area is 210 Å². The van der Waals surface area contributed by atoms with Gasteiger partial charge in [-0.3, -0.25) is 0 Å². The van der Waals surface area contributed by atoms with Crippen LogP contribution in [0.2, 0.25) is 0 Å². The number of carbonyl (C=O) groups is 1. The van der Waals surface area contributed by atoms with Crippen LogP contribution < -0.4 is 9.64 Å². The molecule has 0 amide bonds. The van der Waals surface area contributed by atoms with Gasteiger partial charge in [-0.15, -0.1) is 6.58 Å². The number of hydrogen-bond donors (Lipinski definition) is 0. The number of hydrogen-bond acceptors (Lipinski definition) is 5. The number of pyridine rings is 1. The van der Waals surface area contributed by atoms with Crippen LogP contribution in [-0.4, -0.2) is 29.6 Å². The summed E-state index contributed by atoms with van der Waals surface area (Å²) in [6, 6.07) is 19.8. The summed E-state index contributed by atoms with van der Waals surface area (Å²) in [5.74, 6) is 1.25. The molecule has 0 aliphatic carbocycles. The molecule has 0 atom stereocenters. The number of anilines is 1. The number of aromatic nitrogens is 1. The lowest BCUT2D eigenvalue weighted by Gasteiger charge is -2.23. The third-order valence-electron chi connectivity index (χ3n) is 4.97. The number of ether oxygens (including phenoxy) is 2. The summed E-state index contributed by atoms with van der Waals surface area (Å²) in [6.07, 6.45) is 4.16. The van der Waals surface area contributed by atoms with Gasteiger partial charge < -0.3 is 14.4 Å². The molecule has 0 radical (unpaired) electrons. The van der Waals surface area contributed by atoms with Crippen LogP contribution >= 0.6 is 15.9 Å². The highest BCUT2D eigenvalue weighted by Gasteiger charge is 2.18. The lowest BCUT2D eigenvalue weighted by molar-refractivity contribution is 0.00691. The van der Waals surface area contributed by atoms with E-state index in [-0.39, 0.29) is 5.97 Å². The summed E-state index contributed by atoms with van der Waals surface area (Å²) in [4.78, 5) is 18.9. The van der Waals surface area contributed by atoms with Crippen molar-refractivity contribution < 1.29 is 14.3 Å². The van der Waals surface area contributed by atoms with E-state index in [1.54, 1.807) is 12.3 Å². The fourth-order valence-corrected chi connectivity index (χ4v) is 3.77. The van der Waals surface area contributed by atoms with Crippen molar-refractivity contribution in [3.8, 4) is 5.75 Å². The van der Waals surface area contributed by atoms with Gasteiger partial charge in [-0.05, 0) is 68.7 Å². The van der Waals surface area contributed by atoms with E-state index in [0.717, 1.165) is 33.6 Å². The number of esters is 1. The minimum Gasteiger partial charge on any atom is -0.489 e. The molecule has 0 saturated heterocycles. The SMILES string of the molecule is C=CCN(CCc1cc(Br)ccc1OCc1ccccc1)c1ccc(C(=O)OC(C)(C)C)cn1. The van der Waals surface area contributed by atoms with Gasteiger partial charge in [0.25, 0.3) is 0 Å². The van der Waals surface area contributed by atoms with Gasteiger partial charge in [0, 0.05) is 23.8 Å². The fraction of sp³-hybridized carbons (Fsp3) is 0.286. The maximum Gasteiger partial charge on any atom is 0.340 e. The summed E-state index contributed by atoms with van der Waals surface area (Å²) < 4.78 is 12.6. The first kappa shape index (κ1) is 25.5. The number of halogens is 1. The van der Waals surface area contributed by atoms with Crippen LogP contribution in [0.15, 0.2) is 84.0 Å². The van der Waals surface area contributed by atoms with Crippen molar-refractivity contribution in [3.05, 3.63) is 101 Å². The molecular formula is C28H31BrN2O3. The first-order valence-corrected chi connectivity index (χ1v) is 12.0. The second-order valence-electron chi connectivity index (χ2n) is 8.92. The molecule has 34 heavy (non-hydrogen) atoms. The first-order chi connectivity index (χ1) is 16.2. The van der Waals surface area contributed by atoms with Gasteiger partial charge >= 0.3 is 5.97 Å². The van der Waals surface area contributed by atoms with Crippen molar-refractivity contribution in [1.82, 2.24) is 4.98 Å². The zero-order valence-electron chi connectivity index (χ0n) is 20.0. The number of carbonyl (C=O) groups excluding carboxylic acids is 1. The van der Waals surface area contributed by atoms with Crippen molar-refractivity contribution in [3.63, 3.8) is 0 Å². The molecule has 2 aromatic carbocycles.